The molecule has 0 rings (SSSR count). The van der Waals surface area contributed by atoms with Gasteiger partial charge < -0.3 is 24.6 Å². The highest BCUT2D eigenvalue weighted by molar-refractivity contribution is 5.84. The molecule has 0 spiro atoms. The van der Waals surface area contributed by atoms with Gasteiger partial charge in [0.2, 0.25) is 5.91 Å². The summed E-state index contributed by atoms with van der Waals surface area (Å²) < 4.78 is 14.5. The van der Waals surface area contributed by atoms with Gasteiger partial charge in [-0.15, -0.1) is 0 Å². The van der Waals surface area contributed by atoms with Crippen LogP contribution in [-0.2, 0) is 28.6 Å². The lowest BCUT2D eigenvalue weighted by Crippen LogP contribution is -2.44. The number of carbonyl (C=O) groups is 3. The fraction of sp³-hybridized carbons (Fsp3) is 0.769. The average molecular weight is 305 g/mol. The quantitative estimate of drug-likeness (QED) is 0.402. The Morgan fingerprint density at radius 1 is 1.24 bits per heavy atom. The standard InChI is InChI=1S/C13H23NO7/c1-4-21-13(18)9(2)7-10(12(16)17)14-11(15)8-20-6-5-19-3/h9-10H,4-8H2,1-3H3,(H,14,15)(H,16,17)/t9-,10-/m0/s1. The van der Waals surface area contributed by atoms with E-state index in [0.717, 1.165) is 0 Å². The van der Waals surface area contributed by atoms with Crippen LogP contribution in [0.1, 0.15) is 20.3 Å². The van der Waals surface area contributed by atoms with Crippen molar-refractivity contribution >= 4 is 17.8 Å². The van der Waals surface area contributed by atoms with Gasteiger partial charge in [0.25, 0.3) is 0 Å². The first-order valence-corrected chi connectivity index (χ1v) is 6.67. The zero-order valence-electron chi connectivity index (χ0n) is 12.6. The normalized spacial score (nSPS) is 13.3. The van der Waals surface area contributed by atoms with Gasteiger partial charge in [-0.2, -0.15) is 0 Å². The van der Waals surface area contributed by atoms with E-state index in [0.29, 0.717) is 6.61 Å². The van der Waals surface area contributed by atoms with Crippen LogP contribution in [0.5, 0.6) is 0 Å². The summed E-state index contributed by atoms with van der Waals surface area (Å²) in [7, 11) is 1.50. The Labute approximate surface area is 123 Å². The molecule has 0 aromatic heterocycles. The SMILES string of the molecule is CCOC(=O)[C@@H](C)C[C@H](NC(=O)COCCOC)C(=O)O. The van der Waals surface area contributed by atoms with E-state index in [1.165, 1.54) is 7.11 Å². The first-order valence-electron chi connectivity index (χ1n) is 6.67. The molecule has 0 saturated heterocycles. The molecule has 0 heterocycles. The number of carbonyl (C=O) groups excluding carboxylic acids is 2. The van der Waals surface area contributed by atoms with Crippen LogP contribution in [0.15, 0.2) is 0 Å². The molecule has 0 saturated carbocycles. The molecule has 8 nitrogen and oxygen atoms in total. The summed E-state index contributed by atoms with van der Waals surface area (Å²) in [5, 5.41) is 11.4. The van der Waals surface area contributed by atoms with E-state index >= 15 is 0 Å². The van der Waals surface area contributed by atoms with E-state index in [4.69, 9.17) is 19.3 Å². The number of methoxy groups -OCH3 is 1. The van der Waals surface area contributed by atoms with Crippen LogP contribution in [0.3, 0.4) is 0 Å². The minimum Gasteiger partial charge on any atom is -0.480 e. The summed E-state index contributed by atoms with van der Waals surface area (Å²) in [6.45, 7) is 3.76. The van der Waals surface area contributed by atoms with Gasteiger partial charge >= 0.3 is 11.9 Å². The molecule has 21 heavy (non-hydrogen) atoms. The molecular weight excluding hydrogens is 282 g/mol. The van der Waals surface area contributed by atoms with E-state index < -0.39 is 29.8 Å². The number of amides is 1. The zero-order chi connectivity index (χ0) is 16.3. The Morgan fingerprint density at radius 2 is 1.90 bits per heavy atom. The lowest BCUT2D eigenvalue weighted by atomic mass is 10.0. The Bertz CT molecular complexity index is 345. The summed E-state index contributed by atoms with van der Waals surface area (Å²) >= 11 is 0. The average Bonchev–Trinajstić information content (AvgIpc) is 2.42. The molecule has 0 aliphatic rings. The number of ether oxygens (including phenoxy) is 3. The van der Waals surface area contributed by atoms with Crippen LogP contribution in [0, 0.1) is 5.92 Å². The fourth-order valence-corrected chi connectivity index (χ4v) is 1.50. The van der Waals surface area contributed by atoms with E-state index in [1.54, 1.807) is 13.8 Å². The molecule has 0 aromatic carbocycles. The van der Waals surface area contributed by atoms with Gasteiger partial charge in [-0.1, -0.05) is 6.92 Å². The molecule has 1 amide bonds. The molecule has 0 aliphatic carbocycles. The second-order valence-electron chi connectivity index (χ2n) is 4.39. The highest BCUT2D eigenvalue weighted by Gasteiger charge is 2.26. The maximum atomic E-state index is 11.5. The summed E-state index contributed by atoms with van der Waals surface area (Å²) in [5.41, 5.74) is 0. The van der Waals surface area contributed by atoms with Crippen LogP contribution < -0.4 is 5.32 Å². The van der Waals surface area contributed by atoms with E-state index in [1.807, 2.05) is 0 Å². The van der Waals surface area contributed by atoms with Gasteiger partial charge in [0, 0.05) is 7.11 Å². The summed E-state index contributed by atoms with van der Waals surface area (Å²) in [6, 6.07) is -1.16. The molecule has 8 heteroatoms. The van der Waals surface area contributed by atoms with Crippen molar-refractivity contribution in [2.24, 2.45) is 5.92 Å². The van der Waals surface area contributed by atoms with Crippen LogP contribution in [0.2, 0.25) is 0 Å². The van der Waals surface area contributed by atoms with Gasteiger partial charge in [-0.05, 0) is 13.3 Å². The number of rotatable bonds is 11. The Balaban J connectivity index is 4.26. The van der Waals surface area contributed by atoms with Crippen LogP contribution in [0.4, 0.5) is 0 Å². The minimum absolute atomic E-state index is 0.0437. The zero-order valence-corrected chi connectivity index (χ0v) is 12.6. The number of carboxylic acids is 1. The van der Waals surface area contributed by atoms with Gasteiger partial charge in [0.15, 0.2) is 0 Å². The third-order valence-electron chi connectivity index (χ3n) is 2.58. The number of hydrogen-bond acceptors (Lipinski definition) is 6. The minimum atomic E-state index is -1.21. The largest absolute Gasteiger partial charge is 0.480 e. The van der Waals surface area contributed by atoms with Crippen molar-refractivity contribution in [2.75, 3.05) is 33.5 Å². The van der Waals surface area contributed by atoms with Crippen molar-refractivity contribution in [3.05, 3.63) is 0 Å². The Morgan fingerprint density at radius 3 is 2.43 bits per heavy atom. The molecule has 2 N–H and O–H groups in total. The van der Waals surface area contributed by atoms with Gasteiger partial charge in [-0.3, -0.25) is 9.59 Å². The maximum absolute atomic E-state index is 11.5. The van der Waals surface area contributed by atoms with Crippen molar-refractivity contribution in [3.8, 4) is 0 Å². The third-order valence-corrected chi connectivity index (χ3v) is 2.58. The van der Waals surface area contributed by atoms with Crippen LogP contribution in [0.25, 0.3) is 0 Å². The number of aliphatic carboxylic acids is 1. The molecule has 0 aliphatic heterocycles. The number of carboxylic acid groups (broad SMARTS) is 1. The topological polar surface area (TPSA) is 111 Å². The molecule has 0 fully saturated rings. The summed E-state index contributed by atoms with van der Waals surface area (Å²) in [6.07, 6.45) is -0.0437. The van der Waals surface area contributed by atoms with E-state index in [2.05, 4.69) is 5.32 Å². The number of hydrogen-bond donors (Lipinski definition) is 2. The molecule has 0 unspecified atom stereocenters. The van der Waals surface area contributed by atoms with E-state index in [-0.39, 0.29) is 26.2 Å². The van der Waals surface area contributed by atoms with Gasteiger partial charge in [0.05, 0.1) is 25.7 Å². The van der Waals surface area contributed by atoms with Gasteiger partial charge in [0.1, 0.15) is 12.6 Å². The predicted molar refractivity (Wildman–Crippen MR) is 72.7 cm³/mol. The van der Waals surface area contributed by atoms with Crippen molar-refractivity contribution in [3.63, 3.8) is 0 Å². The molecule has 2 atom stereocenters. The first kappa shape index (κ1) is 19.3. The second kappa shape index (κ2) is 11.0. The number of esters is 1. The van der Waals surface area contributed by atoms with Crippen molar-refractivity contribution in [2.45, 2.75) is 26.3 Å². The molecule has 122 valence electrons. The predicted octanol–water partition coefficient (Wildman–Crippen LogP) is -0.192. The monoisotopic (exact) mass is 305 g/mol. The van der Waals surface area contributed by atoms with Gasteiger partial charge in [-0.25, -0.2) is 4.79 Å². The molecule has 0 bridgehead atoms. The van der Waals surface area contributed by atoms with Crippen molar-refractivity contribution in [1.82, 2.24) is 5.32 Å². The van der Waals surface area contributed by atoms with Crippen LogP contribution in [-0.4, -0.2) is 62.5 Å². The summed E-state index contributed by atoms with van der Waals surface area (Å²) in [4.78, 5) is 34.1. The second-order valence-corrected chi connectivity index (χ2v) is 4.39. The number of nitrogens with one attached hydrogen (secondary N) is 1. The molecule has 0 radical (unpaired) electrons. The highest BCUT2D eigenvalue weighted by atomic mass is 16.5. The smallest absolute Gasteiger partial charge is 0.326 e. The van der Waals surface area contributed by atoms with Crippen molar-refractivity contribution in [1.29, 1.82) is 0 Å². The first-order chi connectivity index (χ1) is 9.92. The molecule has 0 aromatic rings. The lowest BCUT2D eigenvalue weighted by Gasteiger charge is -2.18. The van der Waals surface area contributed by atoms with Crippen molar-refractivity contribution < 1.29 is 33.7 Å². The molecular formula is C13H23NO7. The third kappa shape index (κ3) is 8.98. The fourth-order valence-electron chi connectivity index (χ4n) is 1.50. The lowest BCUT2D eigenvalue weighted by molar-refractivity contribution is -0.149. The Kier molecular flexibility index (Phi) is 10.2. The summed E-state index contributed by atoms with van der Waals surface area (Å²) in [5.74, 6) is -2.89. The highest BCUT2D eigenvalue weighted by Crippen LogP contribution is 2.09. The van der Waals surface area contributed by atoms with Crippen LogP contribution >= 0.6 is 0 Å². The maximum Gasteiger partial charge on any atom is 0.326 e. The Hall–Kier alpha value is -1.67. The van der Waals surface area contributed by atoms with E-state index in [9.17, 15) is 14.4 Å².